The van der Waals surface area contributed by atoms with Crippen molar-refractivity contribution in [3.05, 3.63) is 54.3 Å². The first-order valence-corrected chi connectivity index (χ1v) is 8.54. The van der Waals surface area contributed by atoms with Crippen molar-refractivity contribution in [2.24, 2.45) is 0 Å². The van der Waals surface area contributed by atoms with Crippen LogP contribution in [-0.2, 0) is 4.74 Å². The number of para-hydroxylation sites is 1. The van der Waals surface area contributed by atoms with Crippen molar-refractivity contribution in [1.29, 1.82) is 0 Å². The highest BCUT2D eigenvalue weighted by atomic mass is 19.1. The van der Waals surface area contributed by atoms with Gasteiger partial charge in [0, 0.05) is 18.5 Å². The fraction of sp³-hybridized carbons (Fsp3) is 0.300. The van der Waals surface area contributed by atoms with E-state index >= 15 is 0 Å². The Morgan fingerprint density at radius 1 is 0.960 bits per heavy atom. The van der Waals surface area contributed by atoms with Crippen molar-refractivity contribution in [2.45, 2.75) is 26.1 Å². The summed E-state index contributed by atoms with van der Waals surface area (Å²) in [6.07, 6.45) is 0.240. The summed E-state index contributed by atoms with van der Waals surface area (Å²) in [6, 6.07) is 14.5. The highest BCUT2D eigenvalue weighted by molar-refractivity contribution is 5.91. The molecule has 0 amide bonds. The monoisotopic (exact) mass is 337 g/mol. The molecule has 1 aliphatic rings. The first-order valence-electron chi connectivity index (χ1n) is 8.54. The maximum atomic E-state index is 14.3. The quantitative estimate of drug-likeness (QED) is 0.707. The SMILES string of the molecule is CC1CN(c2nc(-c3ccccc3F)nc3ccccc23)CC(C)O1. The van der Waals surface area contributed by atoms with E-state index in [1.807, 2.05) is 24.3 Å². The lowest BCUT2D eigenvalue weighted by Crippen LogP contribution is -2.46. The van der Waals surface area contributed by atoms with Crippen LogP contribution in [0.25, 0.3) is 22.3 Å². The summed E-state index contributed by atoms with van der Waals surface area (Å²) in [6.45, 7) is 5.62. The number of halogens is 1. The molecule has 4 nitrogen and oxygen atoms in total. The van der Waals surface area contributed by atoms with Crippen molar-refractivity contribution in [2.75, 3.05) is 18.0 Å². The number of ether oxygens (including phenoxy) is 1. The number of rotatable bonds is 2. The highest BCUT2D eigenvalue weighted by Crippen LogP contribution is 2.30. The Balaban J connectivity index is 1.89. The highest BCUT2D eigenvalue weighted by Gasteiger charge is 2.25. The van der Waals surface area contributed by atoms with E-state index in [1.54, 1.807) is 18.2 Å². The van der Waals surface area contributed by atoms with Gasteiger partial charge in [-0.2, -0.15) is 0 Å². The molecule has 0 bridgehead atoms. The molecule has 0 aliphatic carbocycles. The fourth-order valence-corrected chi connectivity index (χ4v) is 3.41. The zero-order chi connectivity index (χ0) is 17.4. The van der Waals surface area contributed by atoms with Gasteiger partial charge in [0.15, 0.2) is 5.82 Å². The van der Waals surface area contributed by atoms with Crippen LogP contribution in [-0.4, -0.2) is 35.3 Å². The molecule has 1 aliphatic heterocycles. The van der Waals surface area contributed by atoms with E-state index in [0.29, 0.717) is 11.4 Å². The zero-order valence-electron chi connectivity index (χ0n) is 14.3. The van der Waals surface area contributed by atoms with E-state index in [1.165, 1.54) is 6.07 Å². The number of aromatic nitrogens is 2. The van der Waals surface area contributed by atoms with Gasteiger partial charge >= 0.3 is 0 Å². The van der Waals surface area contributed by atoms with Crippen LogP contribution >= 0.6 is 0 Å². The Kier molecular flexibility index (Phi) is 4.09. The van der Waals surface area contributed by atoms with Gasteiger partial charge in [0.2, 0.25) is 0 Å². The zero-order valence-corrected chi connectivity index (χ0v) is 14.3. The average molecular weight is 337 g/mol. The summed E-state index contributed by atoms with van der Waals surface area (Å²) in [5.41, 5.74) is 1.24. The van der Waals surface area contributed by atoms with E-state index in [4.69, 9.17) is 9.72 Å². The molecule has 25 heavy (non-hydrogen) atoms. The van der Waals surface area contributed by atoms with Crippen LogP contribution in [0.2, 0.25) is 0 Å². The second-order valence-electron chi connectivity index (χ2n) is 6.53. The molecule has 128 valence electrons. The number of hydrogen-bond donors (Lipinski definition) is 0. The standard InChI is InChI=1S/C20H20FN3O/c1-13-11-24(12-14(2)25-13)20-16-8-4-6-10-18(16)22-19(23-20)15-7-3-5-9-17(15)21/h3-10,13-14H,11-12H2,1-2H3. The van der Waals surface area contributed by atoms with Gasteiger partial charge < -0.3 is 9.64 Å². The Morgan fingerprint density at radius 3 is 2.40 bits per heavy atom. The summed E-state index contributed by atoms with van der Waals surface area (Å²) in [4.78, 5) is 11.6. The summed E-state index contributed by atoms with van der Waals surface area (Å²) in [7, 11) is 0. The number of hydrogen-bond acceptors (Lipinski definition) is 4. The second kappa shape index (κ2) is 6.41. The lowest BCUT2D eigenvalue weighted by Gasteiger charge is -2.36. The minimum atomic E-state index is -0.313. The van der Waals surface area contributed by atoms with Crippen molar-refractivity contribution in [3.63, 3.8) is 0 Å². The van der Waals surface area contributed by atoms with Crippen molar-refractivity contribution in [1.82, 2.24) is 9.97 Å². The molecule has 0 N–H and O–H groups in total. The molecule has 2 atom stereocenters. The minimum absolute atomic E-state index is 0.120. The molecule has 2 unspecified atom stereocenters. The van der Waals surface area contributed by atoms with Gasteiger partial charge in [0.05, 0.1) is 23.3 Å². The van der Waals surface area contributed by atoms with E-state index in [2.05, 4.69) is 23.7 Å². The van der Waals surface area contributed by atoms with Crippen LogP contribution in [0.3, 0.4) is 0 Å². The topological polar surface area (TPSA) is 38.2 Å². The van der Waals surface area contributed by atoms with E-state index in [-0.39, 0.29) is 18.0 Å². The van der Waals surface area contributed by atoms with Crippen LogP contribution in [0.15, 0.2) is 48.5 Å². The van der Waals surface area contributed by atoms with Crippen LogP contribution in [0.4, 0.5) is 10.2 Å². The molecule has 2 aromatic carbocycles. The lowest BCUT2D eigenvalue weighted by atomic mass is 10.1. The number of benzene rings is 2. The summed E-state index contributed by atoms with van der Waals surface area (Å²) >= 11 is 0. The maximum Gasteiger partial charge on any atom is 0.165 e. The van der Waals surface area contributed by atoms with E-state index < -0.39 is 0 Å². The summed E-state index contributed by atoms with van der Waals surface area (Å²) < 4.78 is 20.1. The third-order valence-corrected chi connectivity index (χ3v) is 4.42. The predicted octanol–water partition coefficient (Wildman–Crippen LogP) is 4.05. The van der Waals surface area contributed by atoms with Crippen molar-refractivity contribution < 1.29 is 9.13 Å². The molecular formula is C20H20FN3O. The van der Waals surface area contributed by atoms with Gasteiger partial charge in [-0.05, 0) is 38.1 Å². The molecule has 4 rings (SSSR count). The first-order chi connectivity index (χ1) is 12.1. The van der Waals surface area contributed by atoms with Gasteiger partial charge in [-0.25, -0.2) is 14.4 Å². The fourth-order valence-electron chi connectivity index (χ4n) is 3.41. The molecule has 0 spiro atoms. The molecular weight excluding hydrogens is 317 g/mol. The van der Waals surface area contributed by atoms with Crippen LogP contribution < -0.4 is 4.90 Å². The van der Waals surface area contributed by atoms with Gasteiger partial charge in [-0.1, -0.05) is 24.3 Å². The third kappa shape index (κ3) is 3.07. The molecule has 2 heterocycles. The first kappa shape index (κ1) is 16.0. The number of anilines is 1. The number of morpholine rings is 1. The molecule has 3 aromatic rings. The molecule has 1 saturated heterocycles. The normalized spacial score (nSPS) is 20.8. The Bertz CT molecular complexity index is 904. The summed E-state index contributed by atoms with van der Waals surface area (Å²) in [5, 5.41) is 0.976. The molecule has 0 saturated carbocycles. The van der Waals surface area contributed by atoms with Crippen molar-refractivity contribution >= 4 is 16.7 Å². The van der Waals surface area contributed by atoms with Gasteiger partial charge in [0.25, 0.3) is 0 Å². The Labute approximate surface area is 146 Å². The van der Waals surface area contributed by atoms with E-state index in [9.17, 15) is 4.39 Å². The Morgan fingerprint density at radius 2 is 1.64 bits per heavy atom. The molecule has 0 radical (unpaired) electrons. The maximum absolute atomic E-state index is 14.3. The van der Waals surface area contributed by atoms with Gasteiger partial charge in [-0.15, -0.1) is 0 Å². The lowest BCUT2D eigenvalue weighted by molar-refractivity contribution is -0.00536. The van der Waals surface area contributed by atoms with Crippen LogP contribution in [0.1, 0.15) is 13.8 Å². The van der Waals surface area contributed by atoms with Crippen LogP contribution in [0.5, 0.6) is 0 Å². The van der Waals surface area contributed by atoms with Crippen molar-refractivity contribution in [3.8, 4) is 11.4 Å². The van der Waals surface area contributed by atoms with Gasteiger partial charge in [0.1, 0.15) is 11.6 Å². The smallest absolute Gasteiger partial charge is 0.165 e. The average Bonchev–Trinajstić information content (AvgIpc) is 2.60. The largest absolute Gasteiger partial charge is 0.372 e. The number of nitrogens with zero attached hydrogens (tertiary/aromatic N) is 3. The third-order valence-electron chi connectivity index (χ3n) is 4.42. The molecule has 5 heteroatoms. The van der Waals surface area contributed by atoms with E-state index in [0.717, 1.165) is 29.8 Å². The number of fused-ring (bicyclic) bond motifs is 1. The minimum Gasteiger partial charge on any atom is -0.372 e. The summed E-state index contributed by atoms with van der Waals surface area (Å²) in [5.74, 6) is 0.942. The van der Waals surface area contributed by atoms with Crippen LogP contribution in [0, 0.1) is 5.82 Å². The molecule has 1 aromatic heterocycles. The Hall–Kier alpha value is -2.53. The molecule has 1 fully saturated rings. The van der Waals surface area contributed by atoms with Gasteiger partial charge in [-0.3, -0.25) is 0 Å². The predicted molar refractivity (Wildman–Crippen MR) is 97.2 cm³/mol. The second-order valence-corrected chi connectivity index (χ2v) is 6.53.